The predicted molar refractivity (Wildman–Crippen MR) is 55.9 cm³/mol. The number of fused-ring (bicyclic) bond motifs is 1. The molecule has 2 heterocycles. The van der Waals surface area contributed by atoms with Gasteiger partial charge in [0.1, 0.15) is 0 Å². The van der Waals surface area contributed by atoms with Crippen molar-refractivity contribution in [1.82, 2.24) is 24.5 Å². The number of halogens is 1. The molecule has 0 unspecified atom stereocenters. The number of hydrogen-bond acceptors (Lipinski definition) is 4. The first kappa shape index (κ1) is 9.54. The molecule has 0 saturated carbocycles. The molecule has 5 nitrogen and oxygen atoms in total. The minimum atomic E-state index is 0.720. The molecule has 0 aliphatic carbocycles. The molecular weight excluding hydrogens is 246 g/mol. The summed E-state index contributed by atoms with van der Waals surface area (Å²) in [6.45, 7) is 0.762. The first-order valence-corrected chi connectivity index (χ1v) is 4.96. The second-order valence-corrected chi connectivity index (χ2v) is 4.02. The number of rotatable bonds is 2. The third-order valence-electron chi connectivity index (χ3n) is 1.81. The van der Waals surface area contributed by atoms with Crippen LogP contribution in [-0.2, 0) is 6.54 Å². The molecule has 0 aliphatic rings. The van der Waals surface area contributed by atoms with Crippen LogP contribution in [0.2, 0.25) is 0 Å². The predicted octanol–water partition coefficient (Wildman–Crippen LogP) is 0.948. The van der Waals surface area contributed by atoms with Crippen LogP contribution in [0.4, 0.5) is 0 Å². The highest BCUT2D eigenvalue weighted by Gasteiger charge is 2.08. The fourth-order valence-electron chi connectivity index (χ4n) is 1.23. The molecule has 0 spiro atoms. The van der Waals surface area contributed by atoms with E-state index in [4.69, 9.17) is 0 Å². The molecule has 2 aromatic heterocycles. The summed E-state index contributed by atoms with van der Waals surface area (Å²) < 4.78 is 2.65. The molecule has 0 saturated heterocycles. The van der Waals surface area contributed by atoms with Gasteiger partial charge in [-0.3, -0.25) is 4.40 Å². The van der Waals surface area contributed by atoms with Gasteiger partial charge in [0, 0.05) is 12.4 Å². The van der Waals surface area contributed by atoms with Crippen LogP contribution < -0.4 is 0 Å². The van der Waals surface area contributed by atoms with Gasteiger partial charge >= 0.3 is 0 Å². The van der Waals surface area contributed by atoms with Crippen molar-refractivity contribution >= 4 is 21.6 Å². The van der Waals surface area contributed by atoms with E-state index in [0.29, 0.717) is 0 Å². The van der Waals surface area contributed by atoms with Gasteiger partial charge < -0.3 is 4.90 Å². The van der Waals surface area contributed by atoms with Gasteiger partial charge in [-0.2, -0.15) is 0 Å². The highest BCUT2D eigenvalue weighted by molar-refractivity contribution is 9.10. The third kappa shape index (κ3) is 1.62. The Morgan fingerprint density at radius 1 is 1.43 bits per heavy atom. The van der Waals surface area contributed by atoms with Gasteiger partial charge in [-0.25, -0.2) is 4.98 Å². The van der Waals surface area contributed by atoms with Crippen LogP contribution in [0, 0.1) is 0 Å². The van der Waals surface area contributed by atoms with Gasteiger partial charge in [-0.1, -0.05) is 0 Å². The zero-order chi connectivity index (χ0) is 10.1. The lowest BCUT2D eigenvalue weighted by atomic mass is 10.5. The zero-order valence-corrected chi connectivity index (χ0v) is 9.56. The molecule has 0 fully saturated rings. The van der Waals surface area contributed by atoms with E-state index in [9.17, 15) is 0 Å². The maximum absolute atomic E-state index is 4.10. The summed E-state index contributed by atoms with van der Waals surface area (Å²) in [5, 5.41) is 8.15. The summed E-state index contributed by atoms with van der Waals surface area (Å²) in [4.78, 5) is 6.13. The Morgan fingerprint density at radius 3 is 2.93 bits per heavy atom. The van der Waals surface area contributed by atoms with E-state index in [2.05, 4.69) is 31.1 Å². The summed E-state index contributed by atoms with van der Waals surface area (Å²) in [7, 11) is 3.99. The second-order valence-electron chi connectivity index (χ2n) is 3.27. The van der Waals surface area contributed by atoms with Crippen molar-refractivity contribution in [2.24, 2.45) is 0 Å². The van der Waals surface area contributed by atoms with Gasteiger partial charge in [-0.05, 0) is 30.0 Å². The first-order chi connectivity index (χ1) is 6.68. The molecule has 0 aromatic carbocycles. The molecule has 0 atom stereocenters. The molecule has 0 N–H and O–H groups in total. The van der Waals surface area contributed by atoms with Gasteiger partial charge in [0.25, 0.3) is 0 Å². The average molecular weight is 256 g/mol. The molecule has 0 amide bonds. The minimum absolute atomic E-state index is 0.720. The second kappa shape index (κ2) is 3.62. The monoisotopic (exact) mass is 255 g/mol. The molecule has 2 aromatic rings. The Hall–Kier alpha value is -1.01. The molecule has 74 valence electrons. The number of nitrogens with zero attached hydrogens (tertiary/aromatic N) is 5. The van der Waals surface area contributed by atoms with Crippen molar-refractivity contribution in [2.75, 3.05) is 14.1 Å². The minimum Gasteiger partial charge on any atom is -0.302 e. The highest BCUT2D eigenvalue weighted by atomic mass is 79.9. The van der Waals surface area contributed by atoms with E-state index in [1.807, 2.05) is 29.6 Å². The molecule has 6 heteroatoms. The standard InChI is InChI=1S/C8H10BrN5/c1-13(2)5-6-11-12-8-7(9)10-3-4-14(6)8/h3-4H,5H2,1-2H3. The fraction of sp³-hybridized carbons (Fsp3) is 0.375. The highest BCUT2D eigenvalue weighted by Crippen LogP contribution is 2.13. The largest absolute Gasteiger partial charge is 0.302 e. The fourth-order valence-corrected chi connectivity index (χ4v) is 1.62. The Kier molecular flexibility index (Phi) is 2.47. The lowest BCUT2D eigenvalue weighted by Gasteiger charge is -2.06. The van der Waals surface area contributed by atoms with Crippen LogP contribution in [0.5, 0.6) is 0 Å². The van der Waals surface area contributed by atoms with Crippen LogP contribution in [0.3, 0.4) is 0 Å². The molecule has 2 rings (SSSR count). The summed E-state index contributed by atoms with van der Waals surface area (Å²) in [5.41, 5.74) is 0.754. The van der Waals surface area contributed by atoms with Crippen molar-refractivity contribution in [3.05, 3.63) is 22.8 Å². The maximum atomic E-state index is 4.10. The first-order valence-electron chi connectivity index (χ1n) is 4.17. The van der Waals surface area contributed by atoms with Gasteiger partial charge in [0.2, 0.25) is 0 Å². The van der Waals surface area contributed by atoms with E-state index in [-0.39, 0.29) is 0 Å². The maximum Gasteiger partial charge on any atom is 0.194 e. The normalized spacial score (nSPS) is 11.4. The Bertz CT molecular complexity index is 450. The smallest absolute Gasteiger partial charge is 0.194 e. The summed E-state index contributed by atoms with van der Waals surface area (Å²) in [6, 6.07) is 0. The summed E-state index contributed by atoms with van der Waals surface area (Å²) in [6.07, 6.45) is 3.58. The van der Waals surface area contributed by atoms with Gasteiger partial charge in [-0.15, -0.1) is 10.2 Å². The average Bonchev–Trinajstić information content (AvgIpc) is 2.49. The van der Waals surface area contributed by atoms with E-state index >= 15 is 0 Å². The van der Waals surface area contributed by atoms with E-state index in [1.165, 1.54) is 0 Å². The molecule has 14 heavy (non-hydrogen) atoms. The van der Waals surface area contributed by atoms with Crippen LogP contribution in [0.15, 0.2) is 17.0 Å². The van der Waals surface area contributed by atoms with Crippen molar-refractivity contribution in [3.63, 3.8) is 0 Å². The lowest BCUT2D eigenvalue weighted by molar-refractivity contribution is 0.388. The quantitative estimate of drug-likeness (QED) is 0.802. The molecule has 0 bridgehead atoms. The van der Waals surface area contributed by atoms with Crippen molar-refractivity contribution in [1.29, 1.82) is 0 Å². The van der Waals surface area contributed by atoms with E-state index in [1.54, 1.807) is 6.20 Å². The molecule has 0 radical (unpaired) electrons. The topological polar surface area (TPSA) is 46.3 Å². The van der Waals surface area contributed by atoms with Crippen LogP contribution in [0.1, 0.15) is 5.82 Å². The number of hydrogen-bond donors (Lipinski definition) is 0. The van der Waals surface area contributed by atoms with Crippen LogP contribution in [-0.4, -0.2) is 38.6 Å². The zero-order valence-electron chi connectivity index (χ0n) is 7.98. The van der Waals surface area contributed by atoms with Crippen LogP contribution >= 0.6 is 15.9 Å². The molecular formula is C8H10BrN5. The third-order valence-corrected chi connectivity index (χ3v) is 2.37. The molecule has 0 aliphatic heterocycles. The van der Waals surface area contributed by atoms with E-state index < -0.39 is 0 Å². The Morgan fingerprint density at radius 2 is 2.21 bits per heavy atom. The van der Waals surface area contributed by atoms with Gasteiger partial charge in [0.15, 0.2) is 16.1 Å². The Balaban J connectivity index is 2.52. The van der Waals surface area contributed by atoms with Crippen LogP contribution in [0.25, 0.3) is 5.65 Å². The van der Waals surface area contributed by atoms with Crippen molar-refractivity contribution in [2.45, 2.75) is 6.54 Å². The SMILES string of the molecule is CN(C)Cc1nnc2c(Br)nccn12. The van der Waals surface area contributed by atoms with Gasteiger partial charge in [0.05, 0.1) is 6.54 Å². The number of aromatic nitrogens is 4. The lowest BCUT2D eigenvalue weighted by Crippen LogP contribution is -2.13. The Labute approximate surface area is 89.9 Å². The summed E-state index contributed by atoms with van der Waals surface area (Å²) in [5.74, 6) is 0.910. The summed E-state index contributed by atoms with van der Waals surface area (Å²) >= 11 is 3.33. The van der Waals surface area contributed by atoms with E-state index in [0.717, 1.165) is 22.6 Å². The van der Waals surface area contributed by atoms with Crippen molar-refractivity contribution in [3.8, 4) is 0 Å². The van der Waals surface area contributed by atoms with Crippen molar-refractivity contribution < 1.29 is 0 Å².